The average molecular weight is 316 g/mol. The molecule has 1 aliphatic carbocycles. The number of amides is 1. The molecule has 0 radical (unpaired) electrons. The first-order valence-corrected chi connectivity index (χ1v) is 7.60. The molecule has 1 aromatic carbocycles. The predicted octanol–water partition coefficient (Wildman–Crippen LogP) is 3.56. The number of nitrogens with zero attached hydrogens (tertiary/aromatic N) is 1. The zero-order valence-electron chi connectivity index (χ0n) is 14.4. The number of allylic oxidation sites excluding steroid dienone is 2. The number of hydrazone groups is 1. The van der Waals surface area contributed by atoms with Crippen molar-refractivity contribution in [1.82, 2.24) is 5.43 Å². The second-order valence-corrected chi connectivity index (χ2v) is 6.65. The topological polar surface area (TPSA) is 59.9 Å². The molecule has 1 aliphatic rings. The maximum absolute atomic E-state index is 12.3. The molecular weight excluding hydrogens is 292 g/mol. The molecule has 0 unspecified atom stereocenters. The zero-order chi connectivity index (χ0) is 17.0. The number of benzene rings is 1. The van der Waals surface area contributed by atoms with Gasteiger partial charge in [-0.3, -0.25) is 4.79 Å². The van der Waals surface area contributed by atoms with Gasteiger partial charge in [-0.15, -0.1) is 0 Å². The van der Waals surface area contributed by atoms with Crippen LogP contribution < -0.4 is 14.9 Å². The van der Waals surface area contributed by atoms with Gasteiger partial charge in [0.15, 0.2) is 0 Å². The highest BCUT2D eigenvalue weighted by Gasteiger charge is 2.24. The number of carbonyl (C=O) groups excluding carboxylic acids is 1. The fraction of sp³-hybridized carbons (Fsp3) is 0.444. The van der Waals surface area contributed by atoms with Gasteiger partial charge in [-0.1, -0.05) is 19.4 Å². The van der Waals surface area contributed by atoms with Crippen molar-refractivity contribution in [3.63, 3.8) is 0 Å². The third-order valence-corrected chi connectivity index (χ3v) is 3.74. The number of hydrogen-bond donors (Lipinski definition) is 1. The minimum Gasteiger partial charge on any atom is -0.497 e. The van der Waals surface area contributed by atoms with Gasteiger partial charge in [0.2, 0.25) is 0 Å². The SMILES string of the molecule is COc1cc(OC)cc(C(=O)N/N=C2\C=C(C)CC(C)(C)C2)c1. The van der Waals surface area contributed by atoms with Crippen LogP contribution >= 0.6 is 0 Å². The number of methoxy groups -OCH3 is 2. The van der Waals surface area contributed by atoms with E-state index in [0.29, 0.717) is 17.1 Å². The lowest BCUT2D eigenvalue weighted by molar-refractivity contribution is 0.0954. The molecule has 23 heavy (non-hydrogen) atoms. The Morgan fingerprint density at radius 2 is 1.74 bits per heavy atom. The monoisotopic (exact) mass is 316 g/mol. The summed E-state index contributed by atoms with van der Waals surface area (Å²) in [5, 5.41) is 4.28. The van der Waals surface area contributed by atoms with Gasteiger partial charge < -0.3 is 9.47 Å². The molecule has 0 aliphatic heterocycles. The first kappa shape index (κ1) is 17.1. The van der Waals surface area contributed by atoms with Crippen LogP contribution in [-0.2, 0) is 0 Å². The Bertz CT molecular complexity index is 638. The average Bonchev–Trinajstić information content (AvgIpc) is 2.50. The molecule has 1 aromatic rings. The first-order valence-electron chi connectivity index (χ1n) is 7.60. The quantitative estimate of drug-likeness (QED) is 0.864. The van der Waals surface area contributed by atoms with Crippen molar-refractivity contribution >= 4 is 11.6 Å². The second-order valence-electron chi connectivity index (χ2n) is 6.65. The summed E-state index contributed by atoms with van der Waals surface area (Å²) in [6.07, 6.45) is 3.93. The van der Waals surface area contributed by atoms with Gasteiger partial charge in [0.1, 0.15) is 11.5 Å². The van der Waals surface area contributed by atoms with Crippen LogP contribution in [0.1, 0.15) is 44.0 Å². The van der Waals surface area contributed by atoms with Gasteiger partial charge in [0.25, 0.3) is 5.91 Å². The van der Waals surface area contributed by atoms with Crippen molar-refractivity contribution in [2.24, 2.45) is 10.5 Å². The molecule has 124 valence electrons. The summed E-state index contributed by atoms with van der Waals surface area (Å²) in [5.74, 6) is 0.845. The summed E-state index contributed by atoms with van der Waals surface area (Å²) in [6.45, 7) is 6.49. The van der Waals surface area contributed by atoms with E-state index in [1.165, 1.54) is 5.57 Å². The van der Waals surface area contributed by atoms with Crippen LogP contribution in [-0.4, -0.2) is 25.8 Å². The Kier molecular flexibility index (Phi) is 5.08. The Balaban J connectivity index is 2.16. The van der Waals surface area contributed by atoms with E-state index in [0.717, 1.165) is 18.6 Å². The molecule has 0 saturated carbocycles. The zero-order valence-corrected chi connectivity index (χ0v) is 14.4. The third kappa shape index (κ3) is 4.58. The molecular formula is C18H24N2O3. The Hall–Kier alpha value is -2.30. The summed E-state index contributed by atoms with van der Waals surface area (Å²) in [4.78, 5) is 12.3. The molecule has 2 rings (SSSR count). The molecule has 5 heteroatoms. The highest BCUT2D eigenvalue weighted by Crippen LogP contribution is 2.33. The first-order chi connectivity index (χ1) is 10.8. The third-order valence-electron chi connectivity index (χ3n) is 3.74. The van der Waals surface area contributed by atoms with E-state index in [-0.39, 0.29) is 11.3 Å². The van der Waals surface area contributed by atoms with Gasteiger partial charge in [0.05, 0.1) is 19.9 Å². The molecule has 0 spiro atoms. The van der Waals surface area contributed by atoms with Crippen LogP contribution in [0, 0.1) is 5.41 Å². The molecule has 1 amide bonds. The molecule has 1 N–H and O–H groups in total. The van der Waals surface area contributed by atoms with E-state index in [9.17, 15) is 4.79 Å². The minimum absolute atomic E-state index is 0.168. The highest BCUT2D eigenvalue weighted by molar-refractivity contribution is 5.99. The van der Waals surface area contributed by atoms with Crippen molar-refractivity contribution in [1.29, 1.82) is 0 Å². The Labute approximate surface area is 137 Å². The van der Waals surface area contributed by atoms with Crippen LogP contribution in [0.25, 0.3) is 0 Å². The summed E-state index contributed by atoms with van der Waals surface area (Å²) in [7, 11) is 3.10. The second kappa shape index (κ2) is 6.86. The molecule has 5 nitrogen and oxygen atoms in total. The number of rotatable bonds is 4. The molecule has 0 aromatic heterocycles. The maximum Gasteiger partial charge on any atom is 0.271 e. The van der Waals surface area contributed by atoms with Crippen LogP contribution in [0.15, 0.2) is 34.9 Å². The van der Waals surface area contributed by atoms with Gasteiger partial charge in [0, 0.05) is 11.6 Å². The van der Waals surface area contributed by atoms with E-state index in [1.54, 1.807) is 32.4 Å². The van der Waals surface area contributed by atoms with Crippen LogP contribution in [0.5, 0.6) is 11.5 Å². The van der Waals surface area contributed by atoms with E-state index in [1.807, 2.05) is 6.08 Å². The van der Waals surface area contributed by atoms with Crippen LogP contribution in [0.2, 0.25) is 0 Å². The smallest absolute Gasteiger partial charge is 0.271 e. The van der Waals surface area contributed by atoms with Crippen molar-refractivity contribution < 1.29 is 14.3 Å². The van der Waals surface area contributed by atoms with Gasteiger partial charge in [-0.25, -0.2) is 5.43 Å². The number of ether oxygens (including phenoxy) is 2. The standard InChI is InChI=1S/C18H24N2O3/c1-12-6-14(11-18(2,3)10-12)19-20-17(21)13-7-15(22-4)9-16(8-13)23-5/h6-9H,10-11H2,1-5H3,(H,20,21)/b19-14+. The van der Waals surface area contributed by atoms with Crippen molar-refractivity contribution in [2.75, 3.05) is 14.2 Å². The lowest BCUT2D eigenvalue weighted by atomic mass is 9.77. The largest absolute Gasteiger partial charge is 0.497 e. The lowest BCUT2D eigenvalue weighted by Gasteiger charge is -2.29. The van der Waals surface area contributed by atoms with Gasteiger partial charge >= 0.3 is 0 Å². The van der Waals surface area contributed by atoms with E-state index in [2.05, 4.69) is 31.3 Å². The molecule has 0 fully saturated rings. The molecule has 0 atom stereocenters. The van der Waals surface area contributed by atoms with E-state index >= 15 is 0 Å². The Morgan fingerprint density at radius 1 is 1.13 bits per heavy atom. The summed E-state index contributed by atoms with van der Waals surface area (Å²) < 4.78 is 10.4. The van der Waals surface area contributed by atoms with E-state index in [4.69, 9.17) is 9.47 Å². The summed E-state index contributed by atoms with van der Waals surface area (Å²) in [5.41, 5.74) is 5.40. The number of nitrogens with one attached hydrogen (secondary N) is 1. The molecule has 0 heterocycles. The summed E-state index contributed by atoms with van der Waals surface area (Å²) in [6, 6.07) is 5.03. The summed E-state index contributed by atoms with van der Waals surface area (Å²) >= 11 is 0. The van der Waals surface area contributed by atoms with Crippen LogP contribution in [0.4, 0.5) is 0 Å². The van der Waals surface area contributed by atoms with Gasteiger partial charge in [-0.05, 0) is 43.4 Å². The van der Waals surface area contributed by atoms with Crippen molar-refractivity contribution in [3.8, 4) is 11.5 Å². The fourth-order valence-corrected chi connectivity index (χ4v) is 2.89. The number of carbonyl (C=O) groups is 1. The number of hydrogen-bond acceptors (Lipinski definition) is 4. The fourth-order valence-electron chi connectivity index (χ4n) is 2.89. The normalized spacial score (nSPS) is 18.3. The van der Waals surface area contributed by atoms with Crippen LogP contribution in [0.3, 0.4) is 0 Å². The van der Waals surface area contributed by atoms with Crippen molar-refractivity contribution in [3.05, 3.63) is 35.4 Å². The molecule has 0 saturated heterocycles. The maximum atomic E-state index is 12.3. The van der Waals surface area contributed by atoms with Crippen molar-refractivity contribution in [2.45, 2.75) is 33.6 Å². The van der Waals surface area contributed by atoms with E-state index < -0.39 is 0 Å². The Morgan fingerprint density at radius 3 is 2.26 bits per heavy atom. The predicted molar refractivity (Wildman–Crippen MR) is 91.2 cm³/mol. The lowest BCUT2D eigenvalue weighted by Crippen LogP contribution is -2.25. The minimum atomic E-state index is -0.288. The van der Waals surface area contributed by atoms with Gasteiger partial charge in [-0.2, -0.15) is 5.10 Å². The highest BCUT2D eigenvalue weighted by atomic mass is 16.5. The molecule has 0 bridgehead atoms.